The predicted molar refractivity (Wildman–Crippen MR) is 263 cm³/mol. The molecule has 2 unspecified atom stereocenters. The first-order valence-electron chi connectivity index (χ1n) is 25.1. The van der Waals surface area contributed by atoms with E-state index in [0.29, 0.717) is 12.8 Å². The van der Waals surface area contributed by atoms with Crippen molar-refractivity contribution in [2.75, 3.05) is 41.0 Å². The Morgan fingerprint density at radius 1 is 0.492 bits per heavy atom. The highest BCUT2D eigenvalue weighted by Crippen LogP contribution is 2.14. The average molecular weight is 880 g/mol. The Labute approximate surface area is 386 Å². The number of carboxylic acids is 1. The fraction of sp³-hybridized carbons (Fsp3) is 0.691. The fourth-order valence-corrected chi connectivity index (χ4v) is 6.89. The number of likely N-dealkylation sites (N-methyl/N-ethyl adjacent to an activating group) is 1. The maximum atomic E-state index is 12.8. The molecule has 0 rings (SSSR count). The summed E-state index contributed by atoms with van der Waals surface area (Å²) < 4.78 is 17.2. The number of esters is 2. The van der Waals surface area contributed by atoms with Gasteiger partial charge < -0.3 is 28.6 Å². The fourth-order valence-electron chi connectivity index (χ4n) is 6.89. The van der Waals surface area contributed by atoms with Gasteiger partial charge in [0, 0.05) is 19.3 Å². The van der Waals surface area contributed by atoms with E-state index in [4.69, 9.17) is 14.2 Å². The van der Waals surface area contributed by atoms with E-state index in [-0.39, 0.29) is 42.7 Å². The van der Waals surface area contributed by atoms with Gasteiger partial charge >= 0.3 is 11.9 Å². The van der Waals surface area contributed by atoms with E-state index in [2.05, 4.69) is 98.9 Å². The molecule has 0 bridgehead atoms. The van der Waals surface area contributed by atoms with Gasteiger partial charge in [0.25, 0.3) is 0 Å². The Morgan fingerprint density at radius 3 is 1.32 bits per heavy atom. The van der Waals surface area contributed by atoms with Gasteiger partial charge in [0.1, 0.15) is 12.6 Å². The lowest BCUT2D eigenvalue weighted by molar-refractivity contribution is -0.889. The van der Waals surface area contributed by atoms with Crippen molar-refractivity contribution in [3.05, 3.63) is 85.1 Å². The molecule has 0 amide bonds. The molecule has 0 aliphatic rings. The van der Waals surface area contributed by atoms with Crippen molar-refractivity contribution in [3.63, 3.8) is 0 Å². The van der Waals surface area contributed by atoms with E-state index < -0.39 is 18.1 Å². The van der Waals surface area contributed by atoms with Crippen LogP contribution < -0.4 is 5.11 Å². The number of quaternary nitrogens is 1. The van der Waals surface area contributed by atoms with Crippen LogP contribution in [-0.4, -0.2) is 75.5 Å². The van der Waals surface area contributed by atoms with Crippen molar-refractivity contribution in [2.45, 2.75) is 206 Å². The number of carbonyl (C=O) groups is 3. The average Bonchev–Trinajstić information content (AvgIpc) is 3.24. The van der Waals surface area contributed by atoms with E-state index in [1.165, 1.54) is 64.2 Å². The van der Waals surface area contributed by atoms with E-state index >= 15 is 0 Å². The van der Waals surface area contributed by atoms with E-state index in [9.17, 15) is 19.5 Å². The molecule has 2 atom stereocenters. The molecule has 63 heavy (non-hydrogen) atoms. The molecule has 0 heterocycles. The molecule has 360 valence electrons. The van der Waals surface area contributed by atoms with Crippen molar-refractivity contribution >= 4 is 17.9 Å². The lowest BCUT2D eigenvalue weighted by Crippen LogP contribution is -2.55. The van der Waals surface area contributed by atoms with Crippen LogP contribution in [0.3, 0.4) is 0 Å². The molecule has 0 saturated heterocycles. The Bertz CT molecular complexity index is 1300. The van der Waals surface area contributed by atoms with E-state index in [1.807, 2.05) is 0 Å². The highest BCUT2D eigenvalue weighted by molar-refractivity contribution is 5.70. The molecule has 0 radical (unpaired) electrons. The Balaban J connectivity index is 4.33. The topological polar surface area (TPSA) is 102 Å². The summed E-state index contributed by atoms with van der Waals surface area (Å²) in [5.74, 6) is -1.77. The smallest absolute Gasteiger partial charge is 0.306 e. The van der Waals surface area contributed by atoms with Crippen molar-refractivity contribution < 1.29 is 38.2 Å². The number of hydrogen-bond acceptors (Lipinski definition) is 7. The van der Waals surface area contributed by atoms with Gasteiger partial charge in [0.05, 0.1) is 40.3 Å². The summed E-state index contributed by atoms with van der Waals surface area (Å²) in [6.07, 6.45) is 58.9. The molecule has 0 aliphatic carbocycles. The lowest BCUT2D eigenvalue weighted by Gasteiger charge is -2.34. The summed E-state index contributed by atoms with van der Waals surface area (Å²) in [5, 5.41) is 11.7. The zero-order chi connectivity index (χ0) is 46.3. The number of aliphatic carboxylic acids is 1. The summed E-state index contributed by atoms with van der Waals surface area (Å²) in [4.78, 5) is 37.0. The zero-order valence-corrected chi connectivity index (χ0v) is 41.0. The highest BCUT2D eigenvalue weighted by Gasteiger charge is 2.25. The van der Waals surface area contributed by atoms with Crippen molar-refractivity contribution in [1.82, 2.24) is 0 Å². The maximum absolute atomic E-state index is 12.8. The van der Waals surface area contributed by atoms with Crippen LogP contribution in [0.15, 0.2) is 85.1 Å². The second kappa shape index (κ2) is 45.1. The van der Waals surface area contributed by atoms with Gasteiger partial charge in [-0.3, -0.25) is 9.59 Å². The molecule has 0 spiro atoms. The van der Waals surface area contributed by atoms with Gasteiger partial charge in [0.2, 0.25) is 0 Å². The number of unbranched alkanes of at least 4 members (excludes halogenated alkanes) is 16. The van der Waals surface area contributed by atoms with Gasteiger partial charge in [-0.1, -0.05) is 170 Å². The van der Waals surface area contributed by atoms with Crippen molar-refractivity contribution in [2.24, 2.45) is 0 Å². The number of hydrogen-bond donors (Lipinski definition) is 0. The first-order valence-corrected chi connectivity index (χ1v) is 25.1. The molecular weight excluding hydrogens is 787 g/mol. The van der Waals surface area contributed by atoms with Crippen LogP contribution >= 0.6 is 0 Å². The van der Waals surface area contributed by atoms with E-state index in [0.717, 1.165) is 96.3 Å². The lowest BCUT2D eigenvalue weighted by atomic mass is 10.1. The van der Waals surface area contributed by atoms with Gasteiger partial charge in [-0.2, -0.15) is 0 Å². The normalized spacial score (nSPS) is 13.6. The molecular formula is C55H93NO7. The largest absolute Gasteiger partial charge is 0.544 e. The summed E-state index contributed by atoms with van der Waals surface area (Å²) in [6, 6.07) is -0.735. The van der Waals surface area contributed by atoms with Crippen LogP contribution in [-0.2, 0) is 28.6 Å². The molecule has 8 heteroatoms. The second-order valence-electron chi connectivity index (χ2n) is 17.7. The van der Waals surface area contributed by atoms with E-state index in [1.54, 1.807) is 21.1 Å². The minimum Gasteiger partial charge on any atom is -0.544 e. The summed E-state index contributed by atoms with van der Waals surface area (Å²) in [5.41, 5.74) is 0. The van der Waals surface area contributed by atoms with Crippen molar-refractivity contribution in [3.8, 4) is 0 Å². The molecule has 0 saturated carbocycles. The van der Waals surface area contributed by atoms with Crippen molar-refractivity contribution in [1.29, 1.82) is 0 Å². The maximum Gasteiger partial charge on any atom is 0.306 e. The molecule has 0 fully saturated rings. The van der Waals surface area contributed by atoms with Gasteiger partial charge in [-0.05, 0) is 89.9 Å². The first-order chi connectivity index (χ1) is 30.6. The van der Waals surface area contributed by atoms with Crippen LogP contribution in [0.4, 0.5) is 0 Å². The molecule has 8 nitrogen and oxygen atoms in total. The SMILES string of the molecule is CC/C=C/C/C=C/C/C=C/C/C=C/C/C=C/CCCCCCCCC(=O)OC(COCCC(C(=O)[O-])[N+](C)(C)C)COC(=O)CCCCCCCCC/C=C/C/C=C/CCCCC. The quantitative estimate of drug-likeness (QED) is 0.0260. The van der Waals surface area contributed by atoms with Gasteiger partial charge in [-0.15, -0.1) is 0 Å². The second-order valence-corrected chi connectivity index (χ2v) is 17.7. The Hall–Kier alpha value is -3.49. The van der Waals surface area contributed by atoms with Crippen LogP contribution in [0.2, 0.25) is 0 Å². The third-order valence-corrected chi connectivity index (χ3v) is 10.8. The summed E-state index contributed by atoms with van der Waals surface area (Å²) >= 11 is 0. The number of nitrogens with zero attached hydrogens (tertiary/aromatic N) is 1. The number of allylic oxidation sites excluding steroid dienone is 14. The molecule has 0 N–H and O–H groups in total. The summed E-state index contributed by atoms with van der Waals surface area (Å²) in [6.45, 7) is 4.50. The number of rotatable bonds is 44. The predicted octanol–water partition coefficient (Wildman–Crippen LogP) is 13.1. The van der Waals surface area contributed by atoms with Crippen LogP contribution in [0.25, 0.3) is 0 Å². The van der Waals surface area contributed by atoms with Crippen LogP contribution in [0.1, 0.15) is 194 Å². The third kappa shape index (κ3) is 43.5. The zero-order valence-electron chi connectivity index (χ0n) is 41.0. The number of carboxylic acid groups (broad SMARTS) is 1. The number of ether oxygens (including phenoxy) is 3. The van der Waals surface area contributed by atoms with Gasteiger partial charge in [-0.25, -0.2) is 0 Å². The Kier molecular flexibility index (Phi) is 42.6. The van der Waals surface area contributed by atoms with Crippen LogP contribution in [0.5, 0.6) is 0 Å². The highest BCUT2D eigenvalue weighted by atomic mass is 16.6. The van der Waals surface area contributed by atoms with Gasteiger partial charge in [0.15, 0.2) is 6.10 Å². The Morgan fingerprint density at radius 2 is 0.889 bits per heavy atom. The monoisotopic (exact) mass is 880 g/mol. The molecule has 0 aliphatic heterocycles. The molecule has 0 aromatic heterocycles. The molecule has 0 aromatic rings. The third-order valence-electron chi connectivity index (χ3n) is 10.8. The minimum absolute atomic E-state index is 0.0276. The number of carbonyl (C=O) groups excluding carboxylic acids is 3. The summed E-state index contributed by atoms with van der Waals surface area (Å²) in [7, 11) is 5.40. The minimum atomic E-state index is -1.13. The van der Waals surface area contributed by atoms with Crippen LogP contribution in [0, 0.1) is 0 Å². The standard InChI is InChI=1S/C55H93NO7/c1-6-8-10-12-14-16-18-20-22-24-25-26-27-28-30-32-34-36-38-40-42-44-46-54(58)63-51(49-61-48-47-52(55(59)60)56(3,4)5)50-62-53(57)45-43-41-39-37-35-33-31-29-23-21-19-17-15-13-11-9-7-2/h8,10,14-17,20-23,25-26,28,30,51-52H,6-7,9,11-13,18-19,24,27,29,31-50H2,1-5H3/b10-8+,16-14+,17-15+,22-20+,23-21+,26-25+,30-28+. The first kappa shape index (κ1) is 59.5. The molecule has 0 aromatic carbocycles.